The van der Waals surface area contributed by atoms with Gasteiger partial charge in [0.1, 0.15) is 0 Å². The maximum atomic E-state index is 9.41. The van der Waals surface area contributed by atoms with Crippen molar-refractivity contribution in [1.29, 1.82) is 0 Å². The molecule has 0 aromatic rings. The third-order valence-corrected chi connectivity index (χ3v) is 0.355. The molecule has 0 aliphatic rings. The van der Waals surface area contributed by atoms with Crippen LogP contribution in [0.15, 0.2) is 12.2 Å². The lowest BCUT2D eigenvalue weighted by Crippen LogP contribution is -2.23. The first-order valence-electron chi connectivity index (χ1n) is 1.73. The molecule has 0 radical (unpaired) electrons. The van der Waals surface area contributed by atoms with Gasteiger partial charge in [0, 0.05) is 0 Å². The highest BCUT2D eigenvalue weighted by atomic mass is 32.1. The lowest BCUT2D eigenvalue weighted by molar-refractivity contribution is -0.301. The van der Waals surface area contributed by atoms with Gasteiger partial charge in [0.2, 0.25) is 0 Å². The van der Waals surface area contributed by atoms with Gasteiger partial charge in [0.05, 0.1) is 11.9 Å². The van der Waals surface area contributed by atoms with Crippen molar-refractivity contribution in [2.24, 2.45) is 0 Å². The van der Waals surface area contributed by atoms with Crippen molar-refractivity contribution < 1.29 is 19.8 Å². The Bertz CT molecular complexity index is 126. The lowest BCUT2D eigenvalue weighted by atomic mass is 10.5. The van der Waals surface area contributed by atoms with Crippen LogP contribution in [0.5, 0.6) is 0 Å². The minimum Gasteiger partial charge on any atom is -0.545 e. The topological polar surface area (TPSA) is 80.3 Å². The summed E-state index contributed by atoms with van der Waals surface area (Å²) in [5.74, 6) is -3.09. The van der Waals surface area contributed by atoms with E-state index in [9.17, 15) is 19.8 Å². The summed E-state index contributed by atoms with van der Waals surface area (Å²) in [4.78, 5) is 18.8. The van der Waals surface area contributed by atoms with Gasteiger partial charge in [-0.2, -0.15) is 0 Å². The molecule has 0 fully saturated rings. The summed E-state index contributed by atoms with van der Waals surface area (Å²) in [6, 6.07) is 0. The molecule has 0 amide bonds. The second-order valence-corrected chi connectivity index (χ2v) is 0.971. The van der Waals surface area contributed by atoms with Gasteiger partial charge < -0.3 is 19.8 Å². The van der Waals surface area contributed by atoms with Crippen molar-refractivity contribution in [3.8, 4) is 0 Å². The number of rotatable bonds is 2. The normalized spacial score (nSPS) is 7.60. The maximum absolute atomic E-state index is 9.41. The molecule has 60 valence electrons. The molecule has 0 atom stereocenters. The summed E-state index contributed by atoms with van der Waals surface area (Å²) < 4.78 is 0. The largest absolute Gasteiger partial charge is 0.545 e. The van der Waals surface area contributed by atoms with Crippen LogP contribution >= 0.6 is 0 Å². The van der Waals surface area contributed by atoms with E-state index in [0.29, 0.717) is 12.2 Å². The maximum Gasteiger partial charge on any atom is 0.0643 e. The quantitative estimate of drug-likeness (QED) is 0.320. The summed E-state index contributed by atoms with van der Waals surface area (Å²) in [7, 11) is 0. The summed E-state index contributed by atoms with van der Waals surface area (Å²) in [6.45, 7) is 0. The van der Waals surface area contributed by atoms with Gasteiger partial charge in [-0.1, -0.05) is 27.0 Å². The van der Waals surface area contributed by atoms with Gasteiger partial charge in [0.15, 0.2) is 0 Å². The highest BCUT2D eigenvalue weighted by molar-refractivity contribution is 7.37. The number of carbonyl (C=O) groups excluding carboxylic acids is 2. The molecule has 0 N–H and O–H groups in total. The van der Waals surface area contributed by atoms with Crippen LogP contribution in [-0.2, 0) is 36.6 Å². The van der Waals surface area contributed by atoms with E-state index >= 15 is 0 Å². The number of carboxylic acid groups (broad SMARTS) is 2. The smallest absolute Gasteiger partial charge is 0.0643 e. The predicted octanol–water partition coefficient (Wildman–Crippen LogP) is -4.57. The Morgan fingerprint density at radius 2 is 1.10 bits per heavy atom. The van der Waals surface area contributed by atoms with E-state index in [1.54, 1.807) is 0 Å². The Morgan fingerprint density at radius 1 is 0.900 bits per heavy atom. The van der Waals surface area contributed by atoms with Crippen LogP contribution in [-0.4, -0.2) is 11.9 Å². The number of aliphatic carboxylic acids is 2. The molecule has 0 rings (SSSR count). The molecular formula is C4H8O4S2. The first kappa shape index (κ1) is 16.2. The van der Waals surface area contributed by atoms with Crippen molar-refractivity contribution >= 4 is 38.9 Å². The Kier molecular flexibility index (Phi) is 13.6. The molecule has 0 heterocycles. The van der Waals surface area contributed by atoms with Crippen LogP contribution in [0, 0.1) is 0 Å². The fraction of sp³-hybridized carbons (Fsp3) is 0. The molecule has 0 aliphatic carbocycles. The summed E-state index contributed by atoms with van der Waals surface area (Å²) >= 11 is 0. The van der Waals surface area contributed by atoms with Crippen LogP contribution in [0.4, 0.5) is 0 Å². The molecule has 0 unspecified atom stereocenters. The molecular weight excluding hydrogens is 176 g/mol. The van der Waals surface area contributed by atoms with Crippen molar-refractivity contribution in [2.75, 3.05) is 0 Å². The number of hydrogen-bond acceptors (Lipinski definition) is 4. The summed E-state index contributed by atoms with van der Waals surface area (Å²) in [5, 5.41) is 18.8. The second-order valence-electron chi connectivity index (χ2n) is 0.971. The van der Waals surface area contributed by atoms with Gasteiger partial charge in [-0.15, -0.1) is 0 Å². The fourth-order valence-electron chi connectivity index (χ4n) is 0.136. The molecule has 0 spiro atoms. The van der Waals surface area contributed by atoms with Crippen molar-refractivity contribution in [2.45, 2.75) is 0 Å². The van der Waals surface area contributed by atoms with Crippen molar-refractivity contribution in [1.82, 2.24) is 0 Å². The highest BCUT2D eigenvalue weighted by Gasteiger charge is 1.70. The minimum absolute atomic E-state index is 0. The van der Waals surface area contributed by atoms with E-state index in [2.05, 4.69) is 0 Å². The van der Waals surface area contributed by atoms with Gasteiger partial charge in [0.25, 0.3) is 0 Å². The van der Waals surface area contributed by atoms with E-state index in [1.165, 1.54) is 0 Å². The molecule has 0 aromatic heterocycles. The first-order valence-corrected chi connectivity index (χ1v) is 1.73. The van der Waals surface area contributed by atoms with Gasteiger partial charge >= 0.3 is 0 Å². The number of carbonyl (C=O) groups is 2. The Morgan fingerprint density at radius 3 is 1.20 bits per heavy atom. The monoisotopic (exact) mass is 184 g/mol. The SMILES string of the molecule is O=C([O-])/C=C\C(=O)[O-].[SH3+].[SH3+]. The Hall–Kier alpha value is -0.620. The average molecular weight is 184 g/mol. The fourth-order valence-corrected chi connectivity index (χ4v) is 0.136. The van der Waals surface area contributed by atoms with Crippen molar-refractivity contribution in [3.05, 3.63) is 12.2 Å². The zero-order valence-electron chi connectivity index (χ0n) is 4.94. The molecule has 0 bridgehead atoms. The third kappa shape index (κ3) is 15.7. The van der Waals surface area contributed by atoms with E-state index in [4.69, 9.17) is 0 Å². The highest BCUT2D eigenvalue weighted by Crippen LogP contribution is 1.64. The zero-order chi connectivity index (χ0) is 6.57. The molecule has 0 aromatic carbocycles. The molecule has 4 nitrogen and oxygen atoms in total. The van der Waals surface area contributed by atoms with Crippen molar-refractivity contribution in [3.63, 3.8) is 0 Å². The molecule has 10 heavy (non-hydrogen) atoms. The molecule has 6 heteroatoms. The van der Waals surface area contributed by atoms with Crippen LogP contribution in [0.2, 0.25) is 0 Å². The van der Waals surface area contributed by atoms with E-state index in [0.717, 1.165) is 0 Å². The zero-order valence-corrected chi connectivity index (χ0v) is 7.25. The first-order chi connectivity index (χ1) is 3.63. The third-order valence-electron chi connectivity index (χ3n) is 0.355. The standard InChI is InChI=1S/C4H4O4.2H2S/c5-3(6)1-2-4(7)8;;/h1-2H,(H,5,6)(H,7,8);2*1H2/b2-1-;;. The average Bonchev–Trinajstić information content (AvgIpc) is 1.61. The van der Waals surface area contributed by atoms with Crippen LogP contribution in [0.3, 0.4) is 0 Å². The minimum atomic E-state index is -1.55. The number of carboxylic acids is 2. The molecule has 0 saturated carbocycles. The predicted molar refractivity (Wildman–Crippen MR) is 42.3 cm³/mol. The van der Waals surface area contributed by atoms with Crippen LogP contribution < -0.4 is 10.2 Å². The molecule has 0 aliphatic heterocycles. The second kappa shape index (κ2) is 8.38. The Labute approximate surface area is 71.4 Å². The van der Waals surface area contributed by atoms with Gasteiger partial charge in [-0.25, -0.2) is 0 Å². The van der Waals surface area contributed by atoms with Crippen LogP contribution in [0.1, 0.15) is 0 Å². The Balaban J connectivity index is -0.000000245. The summed E-state index contributed by atoms with van der Waals surface area (Å²) in [6.07, 6.45) is 0.769. The lowest BCUT2D eigenvalue weighted by Gasteiger charge is -1.90. The van der Waals surface area contributed by atoms with Gasteiger partial charge in [-0.05, 0) is 12.2 Å². The van der Waals surface area contributed by atoms with E-state index in [1.807, 2.05) is 0 Å². The summed E-state index contributed by atoms with van der Waals surface area (Å²) in [5.41, 5.74) is 0. The van der Waals surface area contributed by atoms with Crippen LogP contribution in [0.25, 0.3) is 0 Å². The van der Waals surface area contributed by atoms with Gasteiger partial charge in [-0.3, -0.25) is 0 Å². The van der Waals surface area contributed by atoms with E-state index in [-0.39, 0.29) is 27.0 Å². The van der Waals surface area contributed by atoms with E-state index < -0.39 is 11.9 Å². The number of hydrogen-bond donors (Lipinski definition) is 0. The molecule has 0 saturated heterocycles.